The van der Waals surface area contributed by atoms with Crippen LogP contribution in [0.25, 0.3) is 10.8 Å². The van der Waals surface area contributed by atoms with E-state index >= 15 is 0 Å². The van der Waals surface area contributed by atoms with E-state index in [1.54, 1.807) is 0 Å². The van der Waals surface area contributed by atoms with Crippen LogP contribution in [0.15, 0.2) is 42.5 Å². The van der Waals surface area contributed by atoms with Gasteiger partial charge in [-0.25, -0.2) is 0 Å². The predicted octanol–water partition coefficient (Wildman–Crippen LogP) is 3.07. The Morgan fingerprint density at radius 1 is 1.16 bits per heavy atom. The first-order valence-corrected chi connectivity index (χ1v) is 7.08. The Bertz CT molecular complexity index is 574. The molecule has 1 saturated heterocycles. The number of nitrogens with one attached hydrogen (secondary N) is 2. The molecule has 0 aliphatic carbocycles. The predicted molar refractivity (Wildman–Crippen MR) is 81.3 cm³/mol. The van der Waals surface area contributed by atoms with Gasteiger partial charge < -0.3 is 10.6 Å². The van der Waals surface area contributed by atoms with Gasteiger partial charge in [-0.05, 0) is 42.7 Å². The molecule has 19 heavy (non-hydrogen) atoms. The summed E-state index contributed by atoms with van der Waals surface area (Å²) in [5.41, 5.74) is 1.64. The summed E-state index contributed by atoms with van der Waals surface area (Å²) in [5.74, 6) is 0. The molecule has 0 radical (unpaired) electrons. The summed E-state index contributed by atoms with van der Waals surface area (Å²) >= 11 is 0. The van der Waals surface area contributed by atoms with E-state index < -0.39 is 0 Å². The van der Waals surface area contributed by atoms with Gasteiger partial charge >= 0.3 is 0 Å². The molecule has 100 valence electrons. The van der Waals surface area contributed by atoms with Gasteiger partial charge in [0, 0.05) is 24.7 Å². The van der Waals surface area contributed by atoms with E-state index in [1.807, 2.05) is 0 Å². The largest absolute Gasteiger partial charge is 0.310 e. The van der Waals surface area contributed by atoms with Crippen molar-refractivity contribution in [2.24, 2.45) is 0 Å². The van der Waals surface area contributed by atoms with Crippen LogP contribution in [0.4, 0.5) is 0 Å². The van der Waals surface area contributed by atoms with E-state index in [2.05, 4.69) is 66.9 Å². The maximum atomic E-state index is 3.66. The highest BCUT2D eigenvalue weighted by molar-refractivity contribution is 5.82. The summed E-state index contributed by atoms with van der Waals surface area (Å²) in [4.78, 5) is 0. The number of rotatable bonds is 3. The second-order valence-electron chi connectivity index (χ2n) is 6.23. The van der Waals surface area contributed by atoms with Gasteiger partial charge in [-0.2, -0.15) is 0 Å². The molecule has 2 N–H and O–H groups in total. The molecule has 1 aliphatic rings. The fraction of sp³-hybridized carbons (Fsp3) is 0.412. The first-order chi connectivity index (χ1) is 9.12. The molecule has 1 heterocycles. The molecule has 0 spiro atoms. The Morgan fingerprint density at radius 3 is 2.68 bits per heavy atom. The molecule has 2 aromatic carbocycles. The van der Waals surface area contributed by atoms with Crippen molar-refractivity contribution in [1.29, 1.82) is 0 Å². The average molecular weight is 254 g/mol. The van der Waals surface area contributed by atoms with Gasteiger partial charge in [-0.1, -0.05) is 36.4 Å². The quantitative estimate of drug-likeness (QED) is 0.879. The average Bonchev–Trinajstić information content (AvgIpc) is 2.76. The van der Waals surface area contributed by atoms with Crippen molar-refractivity contribution in [3.05, 3.63) is 48.0 Å². The molecule has 0 aromatic heterocycles. The fourth-order valence-electron chi connectivity index (χ4n) is 2.92. The Kier molecular flexibility index (Phi) is 3.29. The summed E-state index contributed by atoms with van der Waals surface area (Å²) in [6.07, 6.45) is 1.20. The fourth-order valence-corrected chi connectivity index (χ4v) is 2.92. The first kappa shape index (κ1) is 12.6. The molecule has 0 bridgehead atoms. The molecule has 1 atom stereocenters. The second kappa shape index (κ2) is 4.95. The number of hydrogen-bond donors (Lipinski definition) is 2. The van der Waals surface area contributed by atoms with Gasteiger partial charge in [-0.3, -0.25) is 0 Å². The van der Waals surface area contributed by atoms with Crippen molar-refractivity contribution < 1.29 is 0 Å². The molecule has 2 nitrogen and oxygen atoms in total. The van der Waals surface area contributed by atoms with Crippen molar-refractivity contribution in [3.63, 3.8) is 0 Å². The molecule has 2 aromatic rings. The van der Waals surface area contributed by atoms with Crippen LogP contribution in [-0.4, -0.2) is 18.1 Å². The Labute approximate surface area is 115 Å². The third-order valence-corrected chi connectivity index (χ3v) is 3.99. The highest BCUT2D eigenvalue weighted by Gasteiger charge is 2.29. The van der Waals surface area contributed by atoms with Gasteiger partial charge in [-0.15, -0.1) is 0 Å². The minimum absolute atomic E-state index is 0.279. The van der Waals surface area contributed by atoms with Crippen molar-refractivity contribution in [1.82, 2.24) is 10.6 Å². The summed E-state index contributed by atoms with van der Waals surface area (Å²) in [5, 5.41) is 9.85. The molecule has 1 unspecified atom stereocenters. The van der Waals surface area contributed by atoms with E-state index in [1.165, 1.54) is 22.8 Å². The summed E-state index contributed by atoms with van der Waals surface area (Å²) in [6, 6.07) is 15.8. The van der Waals surface area contributed by atoms with Crippen LogP contribution < -0.4 is 10.6 Å². The third-order valence-electron chi connectivity index (χ3n) is 3.99. The molecule has 1 aliphatic heterocycles. The van der Waals surface area contributed by atoms with E-state index in [4.69, 9.17) is 0 Å². The van der Waals surface area contributed by atoms with E-state index in [0.717, 1.165) is 13.1 Å². The molecule has 0 saturated carbocycles. The normalized spacial score (nSPS) is 21.9. The van der Waals surface area contributed by atoms with Crippen LogP contribution in [0.3, 0.4) is 0 Å². The second-order valence-corrected chi connectivity index (χ2v) is 6.23. The van der Waals surface area contributed by atoms with Gasteiger partial charge in [0.2, 0.25) is 0 Å². The molecule has 1 fully saturated rings. The molecular weight excluding hydrogens is 232 g/mol. The zero-order chi connectivity index (χ0) is 13.3. The van der Waals surface area contributed by atoms with Crippen LogP contribution >= 0.6 is 0 Å². The van der Waals surface area contributed by atoms with Crippen molar-refractivity contribution in [2.75, 3.05) is 6.54 Å². The summed E-state index contributed by atoms with van der Waals surface area (Å²) in [6.45, 7) is 6.56. The van der Waals surface area contributed by atoms with Gasteiger partial charge in [0.25, 0.3) is 0 Å². The number of hydrogen-bond acceptors (Lipinski definition) is 2. The van der Waals surface area contributed by atoms with Crippen molar-refractivity contribution in [2.45, 2.75) is 38.4 Å². The van der Waals surface area contributed by atoms with E-state index in [9.17, 15) is 0 Å². The van der Waals surface area contributed by atoms with Gasteiger partial charge in [0.1, 0.15) is 0 Å². The Balaban J connectivity index is 1.66. The molecule has 3 rings (SSSR count). The zero-order valence-corrected chi connectivity index (χ0v) is 11.7. The zero-order valence-electron chi connectivity index (χ0n) is 11.7. The highest BCUT2D eigenvalue weighted by Crippen LogP contribution is 2.19. The van der Waals surface area contributed by atoms with Crippen LogP contribution in [0, 0.1) is 0 Å². The minimum atomic E-state index is 0.279. The monoisotopic (exact) mass is 254 g/mol. The van der Waals surface area contributed by atoms with E-state index in [0.29, 0.717) is 6.04 Å². The summed E-state index contributed by atoms with van der Waals surface area (Å²) < 4.78 is 0. The van der Waals surface area contributed by atoms with E-state index in [-0.39, 0.29) is 5.54 Å². The topological polar surface area (TPSA) is 24.1 Å². The third kappa shape index (κ3) is 2.96. The lowest BCUT2D eigenvalue weighted by Crippen LogP contribution is -2.31. The maximum absolute atomic E-state index is 3.66. The molecular formula is C17H22N2. The SMILES string of the molecule is CC1(C)CC(NCc2ccc3ccccc3c2)CN1. The lowest BCUT2D eigenvalue weighted by Gasteiger charge is -2.17. The van der Waals surface area contributed by atoms with Crippen molar-refractivity contribution in [3.8, 4) is 0 Å². The number of benzene rings is 2. The summed E-state index contributed by atoms with van der Waals surface area (Å²) in [7, 11) is 0. The number of fused-ring (bicyclic) bond motifs is 1. The van der Waals surface area contributed by atoms with Crippen molar-refractivity contribution >= 4 is 10.8 Å². The Hall–Kier alpha value is -1.38. The minimum Gasteiger partial charge on any atom is -0.310 e. The molecule has 0 amide bonds. The van der Waals surface area contributed by atoms with Crippen LogP contribution in [0.2, 0.25) is 0 Å². The lowest BCUT2D eigenvalue weighted by atomic mass is 10.0. The maximum Gasteiger partial charge on any atom is 0.0213 e. The lowest BCUT2D eigenvalue weighted by molar-refractivity contribution is 0.442. The van der Waals surface area contributed by atoms with Gasteiger partial charge in [0.05, 0.1) is 0 Å². The van der Waals surface area contributed by atoms with Crippen LogP contribution in [-0.2, 0) is 6.54 Å². The highest BCUT2D eigenvalue weighted by atomic mass is 15.1. The van der Waals surface area contributed by atoms with Crippen LogP contribution in [0.1, 0.15) is 25.8 Å². The first-order valence-electron chi connectivity index (χ1n) is 7.08. The van der Waals surface area contributed by atoms with Gasteiger partial charge in [0.15, 0.2) is 0 Å². The Morgan fingerprint density at radius 2 is 1.95 bits per heavy atom. The smallest absolute Gasteiger partial charge is 0.0213 e. The van der Waals surface area contributed by atoms with Crippen LogP contribution in [0.5, 0.6) is 0 Å². The molecule has 2 heteroatoms. The standard InChI is InChI=1S/C17H22N2/c1-17(2)10-16(12-19-17)18-11-13-7-8-14-5-3-4-6-15(14)9-13/h3-9,16,18-19H,10-12H2,1-2H3.